The van der Waals surface area contributed by atoms with Crippen molar-refractivity contribution < 1.29 is 22.7 Å². The van der Waals surface area contributed by atoms with Crippen molar-refractivity contribution in [2.45, 2.75) is 25.4 Å². The first-order chi connectivity index (χ1) is 8.45. The quantitative estimate of drug-likeness (QED) is 0.777. The van der Waals surface area contributed by atoms with Crippen molar-refractivity contribution in [3.05, 3.63) is 35.4 Å². The van der Waals surface area contributed by atoms with E-state index in [0.717, 1.165) is 6.07 Å². The third-order valence-electron chi connectivity index (χ3n) is 3.05. The maximum Gasteiger partial charge on any atom is 0.416 e. The van der Waals surface area contributed by atoms with Crippen LogP contribution in [0.5, 0.6) is 0 Å². The van der Waals surface area contributed by atoms with Gasteiger partial charge in [-0.3, -0.25) is 4.79 Å². The van der Waals surface area contributed by atoms with Gasteiger partial charge in [0.15, 0.2) is 0 Å². The van der Waals surface area contributed by atoms with Crippen molar-refractivity contribution in [3.63, 3.8) is 0 Å². The topological polar surface area (TPSA) is 26.3 Å². The fourth-order valence-electron chi connectivity index (χ4n) is 2.13. The zero-order chi connectivity index (χ0) is 13.3. The first-order valence-electron chi connectivity index (χ1n) is 5.78. The second kappa shape index (κ2) is 4.63. The predicted molar refractivity (Wildman–Crippen MR) is 58.9 cm³/mol. The molecule has 0 saturated heterocycles. The molecule has 0 spiro atoms. The molecule has 0 bridgehead atoms. The van der Waals surface area contributed by atoms with Gasteiger partial charge in [-0.2, -0.15) is 13.2 Å². The zero-order valence-corrected chi connectivity index (χ0v) is 9.83. The summed E-state index contributed by atoms with van der Waals surface area (Å²) in [6, 6.07) is 5.40. The molecule has 0 aromatic heterocycles. The van der Waals surface area contributed by atoms with E-state index in [1.54, 1.807) is 13.0 Å². The van der Waals surface area contributed by atoms with Gasteiger partial charge in [0.1, 0.15) is 0 Å². The largest absolute Gasteiger partial charge is 0.466 e. The van der Waals surface area contributed by atoms with E-state index in [-0.39, 0.29) is 18.1 Å². The summed E-state index contributed by atoms with van der Waals surface area (Å²) in [6.07, 6.45) is -3.94. The average Bonchev–Trinajstić information content (AvgIpc) is 3.08. The van der Waals surface area contributed by atoms with E-state index in [0.29, 0.717) is 6.42 Å². The summed E-state index contributed by atoms with van der Waals surface area (Å²) >= 11 is 0. The van der Waals surface area contributed by atoms with Crippen LogP contribution in [0.1, 0.15) is 30.4 Å². The number of rotatable bonds is 3. The molecule has 0 amide bonds. The van der Waals surface area contributed by atoms with Crippen molar-refractivity contribution in [1.82, 2.24) is 0 Å². The van der Waals surface area contributed by atoms with Gasteiger partial charge < -0.3 is 4.74 Å². The lowest BCUT2D eigenvalue weighted by Gasteiger charge is -2.12. The molecule has 1 aliphatic rings. The van der Waals surface area contributed by atoms with Crippen LogP contribution in [0.15, 0.2) is 24.3 Å². The van der Waals surface area contributed by atoms with Gasteiger partial charge in [-0.05, 0) is 30.9 Å². The molecule has 0 unspecified atom stereocenters. The van der Waals surface area contributed by atoms with Crippen LogP contribution in [-0.2, 0) is 15.7 Å². The Hall–Kier alpha value is -1.52. The van der Waals surface area contributed by atoms with Crippen LogP contribution in [0.2, 0.25) is 0 Å². The van der Waals surface area contributed by atoms with Crippen LogP contribution < -0.4 is 0 Å². The monoisotopic (exact) mass is 258 g/mol. The molecule has 0 aliphatic heterocycles. The van der Waals surface area contributed by atoms with Gasteiger partial charge in [0.05, 0.1) is 18.1 Å². The number of halogens is 3. The van der Waals surface area contributed by atoms with Gasteiger partial charge >= 0.3 is 12.1 Å². The molecule has 0 heterocycles. The minimum atomic E-state index is -4.38. The number of hydrogen-bond acceptors (Lipinski definition) is 2. The van der Waals surface area contributed by atoms with Crippen LogP contribution in [0.3, 0.4) is 0 Å². The van der Waals surface area contributed by atoms with Gasteiger partial charge in [-0.1, -0.05) is 18.2 Å². The first-order valence-corrected chi connectivity index (χ1v) is 5.78. The minimum absolute atomic E-state index is 0.197. The molecule has 2 rings (SSSR count). The molecule has 0 radical (unpaired) electrons. The van der Waals surface area contributed by atoms with E-state index in [1.807, 2.05) is 0 Å². The second-order valence-electron chi connectivity index (χ2n) is 4.29. The smallest absolute Gasteiger partial charge is 0.416 e. The maximum absolute atomic E-state index is 12.8. The summed E-state index contributed by atoms with van der Waals surface area (Å²) in [5.41, 5.74) is -0.454. The maximum atomic E-state index is 12.8. The standard InChI is InChI=1S/C13H13F3O2/c1-2-18-12(17)10-7-9(10)8-5-3-4-6-11(8)13(14,15)16/h3-6,9-10H,2,7H2,1H3/t9-,10+/m1/s1. The predicted octanol–water partition coefficient (Wildman–Crippen LogP) is 3.37. The first kappa shape index (κ1) is 12.9. The van der Waals surface area contributed by atoms with E-state index >= 15 is 0 Å². The Kier molecular flexibility index (Phi) is 3.32. The summed E-state index contributed by atoms with van der Waals surface area (Å²) < 4.78 is 43.2. The third kappa shape index (κ3) is 2.49. The van der Waals surface area contributed by atoms with E-state index in [4.69, 9.17) is 4.74 Å². The van der Waals surface area contributed by atoms with E-state index in [2.05, 4.69) is 0 Å². The normalized spacial score (nSPS) is 22.7. The number of alkyl halides is 3. The highest BCUT2D eigenvalue weighted by Gasteiger charge is 2.48. The molecule has 2 atom stereocenters. The molecule has 1 fully saturated rings. The lowest BCUT2D eigenvalue weighted by Crippen LogP contribution is -2.11. The molecular formula is C13H13F3O2. The molecule has 0 N–H and O–H groups in total. The van der Waals surface area contributed by atoms with Gasteiger partial charge in [0.25, 0.3) is 0 Å². The number of benzene rings is 1. The lowest BCUT2D eigenvalue weighted by molar-refractivity contribution is -0.145. The highest BCUT2D eigenvalue weighted by atomic mass is 19.4. The molecular weight excluding hydrogens is 245 g/mol. The van der Waals surface area contributed by atoms with Crippen LogP contribution in [0, 0.1) is 5.92 Å². The molecule has 1 saturated carbocycles. The Labute approximate surface area is 103 Å². The second-order valence-corrected chi connectivity index (χ2v) is 4.29. The Bertz CT molecular complexity index is 454. The number of carbonyl (C=O) groups excluding carboxylic acids is 1. The fraction of sp³-hybridized carbons (Fsp3) is 0.462. The summed E-state index contributed by atoms with van der Waals surface area (Å²) in [5, 5.41) is 0. The van der Waals surface area contributed by atoms with Crippen LogP contribution in [0.25, 0.3) is 0 Å². The summed E-state index contributed by atoms with van der Waals surface area (Å²) in [6.45, 7) is 1.93. The van der Waals surface area contributed by atoms with Gasteiger partial charge in [0, 0.05) is 0 Å². The van der Waals surface area contributed by atoms with Crippen molar-refractivity contribution in [1.29, 1.82) is 0 Å². The summed E-state index contributed by atoms with van der Waals surface area (Å²) in [7, 11) is 0. The van der Waals surface area contributed by atoms with Gasteiger partial charge in [0.2, 0.25) is 0 Å². The number of ether oxygens (including phenoxy) is 1. The minimum Gasteiger partial charge on any atom is -0.466 e. The zero-order valence-electron chi connectivity index (χ0n) is 9.83. The Morgan fingerprint density at radius 3 is 2.67 bits per heavy atom. The highest BCUT2D eigenvalue weighted by molar-refractivity contribution is 5.77. The van der Waals surface area contributed by atoms with Gasteiger partial charge in [-0.25, -0.2) is 0 Å². The molecule has 2 nitrogen and oxygen atoms in total. The molecule has 1 aromatic carbocycles. The van der Waals surface area contributed by atoms with Crippen LogP contribution in [-0.4, -0.2) is 12.6 Å². The molecule has 98 valence electrons. The Balaban J connectivity index is 2.19. The van der Waals surface area contributed by atoms with Crippen molar-refractivity contribution in [2.24, 2.45) is 5.92 Å². The molecule has 1 aliphatic carbocycles. The van der Waals surface area contributed by atoms with Crippen molar-refractivity contribution in [3.8, 4) is 0 Å². The number of carbonyl (C=O) groups is 1. The fourth-order valence-corrected chi connectivity index (χ4v) is 2.13. The van der Waals surface area contributed by atoms with Crippen molar-refractivity contribution in [2.75, 3.05) is 6.61 Å². The molecule has 18 heavy (non-hydrogen) atoms. The molecule has 1 aromatic rings. The summed E-state index contributed by atoms with van der Waals surface area (Å²) in [5.74, 6) is -1.19. The number of esters is 1. The van der Waals surface area contributed by atoms with Crippen LogP contribution in [0.4, 0.5) is 13.2 Å². The van der Waals surface area contributed by atoms with E-state index < -0.39 is 23.6 Å². The average molecular weight is 258 g/mol. The molecule has 5 heteroatoms. The third-order valence-corrected chi connectivity index (χ3v) is 3.05. The SMILES string of the molecule is CCOC(=O)[C@H]1C[C@@H]1c1ccccc1C(F)(F)F. The van der Waals surface area contributed by atoms with E-state index in [1.165, 1.54) is 12.1 Å². The summed E-state index contributed by atoms with van der Waals surface area (Å²) in [4.78, 5) is 11.4. The van der Waals surface area contributed by atoms with Gasteiger partial charge in [-0.15, -0.1) is 0 Å². The lowest BCUT2D eigenvalue weighted by atomic mass is 10.0. The number of hydrogen-bond donors (Lipinski definition) is 0. The Morgan fingerprint density at radius 1 is 1.39 bits per heavy atom. The van der Waals surface area contributed by atoms with Crippen molar-refractivity contribution >= 4 is 5.97 Å². The Morgan fingerprint density at radius 2 is 2.06 bits per heavy atom. The van der Waals surface area contributed by atoms with E-state index in [9.17, 15) is 18.0 Å². The van der Waals surface area contributed by atoms with Crippen LogP contribution >= 0.6 is 0 Å². The highest BCUT2D eigenvalue weighted by Crippen LogP contribution is 2.51.